The summed E-state index contributed by atoms with van der Waals surface area (Å²) in [5.74, 6) is -1.75. The van der Waals surface area contributed by atoms with E-state index in [1.807, 2.05) is 6.92 Å². The van der Waals surface area contributed by atoms with E-state index in [0.29, 0.717) is 5.56 Å². The number of anilines is 1. The van der Waals surface area contributed by atoms with Gasteiger partial charge in [0.05, 0.1) is 23.5 Å². The summed E-state index contributed by atoms with van der Waals surface area (Å²) in [6.45, 7) is 4.57. The molecular weight excluding hydrogens is 459 g/mol. The van der Waals surface area contributed by atoms with Crippen molar-refractivity contribution in [2.75, 3.05) is 25.0 Å². The van der Waals surface area contributed by atoms with E-state index in [2.05, 4.69) is 20.5 Å². The van der Waals surface area contributed by atoms with Crippen LogP contribution >= 0.6 is 0 Å². The van der Waals surface area contributed by atoms with Gasteiger partial charge in [-0.2, -0.15) is 5.10 Å². The highest BCUT2D eigenvalue weighted by atomic mass is 19.4. The number of carbonyl (C=O) groups is 3. The third-order valence-corrected chi connectivity index (χ3v) is 4.97. The summed E-state index contributed by atoms with van der Waals surface area (Å²) < 4.78 is 43.2. The lowest BCUT2D eigenvalue weighted by atomic mass is 10.1. The van der Waals surface area contributed by atoms with Crippen LogP contribution in [-0.2, 0) is 9.59 Å². The Morgan fingerprint density at radius 1 is 1.26 bits per heavy atom. The summed E-state index contributed by atoms with van der Waals surface area (Å²) >= 11 is 0. The fourth-order valence-corrected chi connectivity index (χ4v) is 3.64. The summed E-state index contributed by atoms with van der Waals surface area (Å²) in [6, 6.07) is 4.62. The van der Waals surface area contributed by atoms with Gasteiger partial charge in [-0.3, -0.25) is 19.1 Å². The second-order valence-corrected chi connectivity index (χ2v) is 7.95. The number of benzene rings is 1. The molecule has 1 aromatic heterocycles. The molecule has 2 heterocycles. The molecule has 0 unspecified atom stereocenters. The Kier molecular flexibility index (Phi) is 7.15. The Labute approximate surface area is 192 Å². The van der Waals surface area contributed by atoms with Gasteiger partial charge in [-0.05, 0) is 25.1 Å². The number of rotatable bonds is 7. The van der Waals surface area contributed by atoms with Crippen molar-refractivity contribution < 1.29 is 37.4 Å². The topological polar surface area (TPSA) is 126 Å². The van der Waals surface area contributed by atoms with Crippen LogP contribution in [-0.4, -0.2) is 69.6 Å². The van der Waals surface area contributed by atoms with Crippen LogP contribution in [0.5, 0.6) is 5.75 Å². The smallest absolute Gasteiger partial charge is 0.406 e. The minimum atomic E-state index is -4.90. The maximum atomic E-state index is 13.0. The van der Waals surface area contributed by atoms with Crippen LogP contribution in [0.4, 0.5) is 18.9 Å². The molecule has 3 amide bonds. The molecule has 0 bridgehead atoms. The van der Waals surface area contributed by atoms with E-state index < -0.39 is 30.0 Å². The molecule has 0 saturated heterocycles. The molecule has 0 aliphatic carbocycles. The molecule has 1 aliphatic heterocycles. The van der Waals surface area contributed by atoms with Crippen LogP contribution in [0.2, 0.25) is 0 Å². The average molecular weight is 483 g/mol. The molecule has 184 valence electrons. The van der Waals surface area contributed by atoms with Crippen molar-refractivity contribution in [1.29, 1.82) is 0 Å². The number of hydrogen-bond acceptors (Lipinski definition) is 6. The number of aromatic nitrogens is 2. The predicted octanol–water partition coefficient (Wildman–Crippen LogP) is 1.92. The number of ether oxygens (including phenoxy) is 1. The molecule has 13 heteroatoms. The summed E-state index contributed by atoms with van der Waals surface area (Å²) in [5.41, 5.74) is 0.805. The number of halogens is 3. The number of hydrogen-bond donors (Lipinski definition) is 3. The number of β-amino-alcohol motifs (C(OH)–C–C–N with tert-alkyl or cyclic N) is 1. The Morgan fingerprint density at radius 3 is 2.59 bits per heavy atom. The first-order chi connectivity index (χ1) is 15.8. The van der Waals surface area contributed by atoms with Gasteiger partial charge in [0.2, 0.25) is 11.8 Å². The van der Waals surface area contributed by atoms with Crippen LogP contribution < -0.4 is 15.4 Å². The first kappa shape index (κ1) is 25.0. The molecule has 0 fully saturated rings. The quantitative estimate of drug-likeness (QED) is 0.553. The van der Waals surface area contributed by atoms with Gasteiger partial charge in [-0.25, -0.2) is 0 Å². The van der Waals surface area contributed by atoms with Gasteiger partial charge in [0.15, 0.2) is 0 Å². The number of nitrogens with zero attached hydrogens (tertiary/aromatic N) is 3. The first-order valence-electron chi connectivity index (χ1n) is 10.3. The molecule has 0 radical (unpaired) electrons. The van der Waals surface area contributed by atoms with Crippen LogP contribution in [0.15, 0.2) is 24.3 Å². The number of aliphatic hydroxyl groups excluding tert-OH is 1. The number of carbonyl (C=O) groups excluding carboxylic acids is 3. The average Bonchev–Trinajstić information content (AvgIpc) is 3.15. The lowest BCUT2D eigenvalue weighted by Crippen LogP contribution is -2.47. The van der Waals surface area contributed by atoms with Crippen LogP contribution in [0.25, 0.3) is 11.3 Å². The second-order valence-electron chi connectivity index (χ2n) is 7.95. The van der Waals surface area contributed by atoms with Crippen molar-refractivity contribution in [3.05, 3.63) is 30.0 Å². The molecule has 34 heavy (non-hydrogen) atoms. The molecule has 0 saturated carbocycles. The van der Waals surface area contributed by atoms with Gasteiger partial charge < -0.3 is 25.4 Å². The molecule has 2 atom stereocenters. The zero-order valence-electron chi connectivity index (χ0n) is 18.6. The van der Waals surface area contributed by atoms with E-state index in [-0.39, 0.29) is 48.7 Å². The molecule has 3 N–H and O–H groups in total. The fourth-order valence-electron chi connectivity index (χ4n) is 3.64. The second kappa shape index (κ2) is 9.71. The summed E-state index contributed by atoms with van der Waals surface area (Å²) in [4.78, 5) is 37.1. The Balaban J connectivity index is 1.90. The minimum Gasteiger partial charge on any atom is -0.406 e. The highest BCUT2D eigenvalue weighted by Crippen LogP contribution is 2.35. The monoisotopic (exact) mass is 483 g/mol. The van der Waals surface area contributed by atoms with Gasteiger partial charge in [-0.1, -0.05) is 0 Å². The third-order valence-electron chi connectivity index (χ3n) is 4.97. The first-order valence-corrected chi connectivity index (χ1v) is 10.3. The standard InChI is InChI=1S/C21H24F3N5O5/c1-11-9-28(10-14(32)8-25-12(2)30)20(33)19-7-18(27-29(11)19)16-5-4-15(34-21(22,23)24)6-17(16)26-13(3)31/h4-7,11,14,32H,8-10H2,1-3H3,(H,25,30)(H,26,31)/t11-,14+/m0/s1. The molecular formula is C21H24F3N5O5. The van der Waals surface area contributed by atoms with Gasteiger partial charge in [-0.15, -0.1) is 13.2 Å². The number of nitrogens with one attached hydrogen (secondary N) is 2. The lowest BCUT2D eigenvalue weighted by molar-refractivity contribution is -0.274. The zero-order valence-corrected chi connectivity index (χ0v) is 18.6. The molecule has 0 spiro atoms. The normalized spacial score (nSPS) is 16.6. The summed E-state index contributed by atoms with van der Waals surface area (Å²) in [7, 11) is 0. The highest BCUT2D eigenvalue weighted by molar-refractivity contribution is 5.97. The SMILES string of the molecule is CC(=O)NC[C@@H](O)CN1C[C@H](C)n2nc(-c3ccc(OC(F)(F)F)cc3NC(C)=O)cc2C1=O. The van der Waals surface area contributed by atoms with Crippen LogP contribution in [0.3, 0.4) is 0 Å². The lowest BCUT2D eigenvalue weighted by Gasteiger charge is -2.33. The van der Waals surface area contributed by atoms with Crippen molar-refractivity contribution >= 4 is 23.4 Å². The Bertz CT molecular complexity index is 1100. The molecule has 1 aromatic carbocycles. The highest BCUT2D eigenvalue weighted by Gasteiger charge is 2.33. The van der Waals surface area contributed by atoms with Crippen molar-refractivity contribution in [3.63, 3.8) is 0 Å². The Hall–Kier alpha value is -3.61. The summed E-state index contributed by atoms with van der Waals surface area (Å²) in [5, 5.41) is 19.5. The van der Waals surface area contributed by atoms with Crippen molar-refractivity contribution in [2.24, 2.45) is 0 Å². The van der Waals surface area contributed by atoms with Gasteiger partial charge in [0.1, 0.15) is 11.4 Å². The molecule has 10 nitrogen and oxygen atoms in total. The molecule has 1 aliphatic rings. The van der Waals surface area contributed by atoms with E-state index in [1.54, 1.807) is 0 Å². The predicted molar refractivity (Wildman–Crippen MR) is 114 cm³/mol. The third kappa shape index (κ3) is 6.04. The number of amides is 3. The number of alkyl halides is 3. The number of fused-ring (bicyclic) bond motifs is 1. The van der Waals surface area contributed by atoms with Crippen molar-refractivity contribution in [1.82, 2.24) is 20.0 Å². The van der Waals surface area contributed by atoms with E-state index in [1.165, 1.54) is 35.6 Å². The summed E-state index contributed by atoms with van der Waals surface area (Å²) in [6.07, 6.45) is -5.88. The van der Waals surface area contributed by atoms with Gasteiger partial charge >= 0.3 is 6.36 Å². The van der Waals surface area contributed by atoms with Gasteiger partial charge in [0, 0.05) is 45.1 Å². The van der Waals surface area contributed by atoms with Crippen molar-refractivity contribution in [2.45, 2.75) is 39.3 Å². The molecule has 3 rings (SSSR count). The maximum Gasteiger partial charge on any atom is 0.573 e. The Morgan fingerprint density at radius 2 is 1.97 bits per heavy atom. The number of aliphatic hydroxyl groups is 1. The molecule has 2 aromatic rings. The minimum absolute atomic E-state index is 0.00934. The fraction of sp³-hybridized carbons (Fsp3) is 0.429. The van der Waals surface area contributed by atoms with Gasteiger partial charge in [0.25, 0.3) is 5.91 Å². The van der Waals surface area contributed by atoms with E-state index in [0.717, 1.165) is 12.1 Å². The maximum absolute atomic E-state index is 13.0. The van der Waals surface area contributed by atoms with Crippen molar-refractivity contribution in [3.8, 4) is 17.0 Å². The van der Waals surface area contributed by atoms with E-state index in [9.17, 15) is 32.7 Å². The van der Waals surface area contributed by atoms with Crippen LogP contribution in [0, 0.1) is 0 Å². The van der Waals surface area contributed by atoms with E-state index in [4.69, 9.17) is 0 Å². The zero-order chi connectivity index (χ0) is 25.2. The largest absolute Gasteiger partial charge is 0.573 e. The van der Waals surface area contributed by atoms with Crippen LogP contribution in [0.1, 0.15) is 37.3 Å². The van der Waals surface area contributed by atoms with E-state index >= 15 is 0 Å².